The van der Waals surface area contributed by atoms with Crippen molar-refractivity contribution >= 4 is 22.0 Å². The number of hydrogen-bond acceptors (Lipinski definition) is 2. The largest absolute Gasteiger partial charge is 0.447 e. The number of carbonyl (C=O) groups excluding carboxylic acids is 1. The SMILES string of the molecule is O=C1OC[C@@H](Cc2ccccc2)N1/C=C\Br. The summed E-state index contributed by atoms with van der Waals surface area (Å²) in [4.78, 5) is 14.7. The maximum absolute atomic E-state index is 11.4. The number of cyclic esters (lactones) is 1. The monoisotopic (exact) mass is 281 g/mol. The molecule has 1 aliphatic heterocycles. The Balaban J connectivity index is 2.07. The fourth-order valence-electron chi connectivity index (χ4n) is 1.76. The normalized spacial score (nSPS) is 20.4. The Labute approximate surface area is 103 Å². The van der Waals surface area contributed by atoms with E-state index in [4.69, 9.17) is 4.74 Å². The highest BCUT2D eigenvalue weighted by Crippen LogP contribution is 2.17. The van der Waals surface area contributed by atoms with Gasteiger partial charge in [0.2, 0.25) is 0 Å². The number of nitrogens with zero attached hydrogens (tertiary/aromatic N) is 1. The molecule has 1 heterocycles. The molecule has 0 unspecified atom stereocenters. The Hall–Kier alpha value is -1.29. The first-order chi connectivity index (χ1) is 7.81. The molecule has 0 saturated carbocycles. The van der Waals surface area contributed by atoms with Gasteiger partial charge < -0.3 is 4.74 Å². The highest BCUT2D eigenvalue weighted by molar-refractivity contribution is 9.11. The lowest BCUT2D eigenvalue weighted by atomic mass is 10.1. The highest BCUT2D eigenvalue weighted by Gasteiger charge is 2.31. The van der Waals surface area contributed by atoms with Crippen molar-refractivity contribution in [2.45, 2.75) is 12.5 Å². The van der Waals surface area contributed by atoms with Crippen LogP contribution in [0.3, 0.4) is 0 Å². The van der Waals surface area contributed by atoms with Crippen LogP contribution in [0.4, 0.5) is 4.79 Å². The van der Waals surface area contributed by atoms with E-state index in [0.29, 0.717) is 6.61 Å². The fourth-order valence-corrected chi connectivity index (χ4v) is 2.01. The third-order valence-corrected chi connectivity index (χ3v) is 2.77. The summed E-state index contributed by atoms with van der Waals surface area (Å²) in [6.07, 6.45) is 2.23. The molecule has 0 radical (unpaired) electrons. The molecule has 0 spiro atoms. The van der Waals surface area contributed by atoms with E-state index in [1.807, 2.05) is 18.2 Å². The molecule has 4 heteroatoms. The van der Waals surface area contributed by atoms with E-state index >= 15 is 0 Å². The standard InChI is InChI=1S/C12H12BrNO2/c13-6-7-14-11(9-16-12(14)15)8-10-4-2-1-3-5-10/h1-7,11H,8-9H2/b7-6-/t11-/m1/s1. The minimum atomic E-state index is -0.281. The van der Waals surface area contributed by atoms with Gasteiger partial charge in [0, 0.05) is 6.20 Å². The summed E-state index contributed by atoms with van der Waals surface area (Å²) < 4.78 is 5.02. The van der Waals surface area contributed by atoms with Gasteiger partial charge in [-0.05, 0) is 17.0 Å². The second kappa shape index (κ2) is 5.16. The Morgan fingerprint density at radius 1 is 1.44 bits per heavy atom. The second-order valence-corrected chi connectivity index (χ2v) is 4.13. The summed E-state index contributed by atoms with van der Waals surface area (Å²) in [7, 11) is 0. The lowest BCUT2D eigenvalue weighted by Crippen LogP contribution is -2.30. The second-order valence-electron chi connectivity index (χ2n) is 3.60. The number of rotatable bonds is 3. The third-order valence-electron chi connectivity index (χ3n) is 2.53. The molecule has 1 saturated heterocycles. The molecular weight excluding hydrogens is 270 g/mol. The third kappa shape index (κ3) is 2.44. The van der Waals surface area contributed by atoms with Crippen molar-refractivity contribution in [1.29, 1.82) is 0 Å². The van der Waals surface area contributed by atoms with Crippen LogP contribution < -0.4 is 0 Å². The van der Waals surface area contributed by atoms with Crippen molar-refractivity contribution in [2.24, 2.45) is 0 Å². The van der Waals surface area contributed by atoms with Crippen LogP contribution in [0.1, 0.15) is 5.56 Å². The summed E-state index contributed by atoms with van der Waals surface area (Å²) in [5.74, 6) is 0. The van der Waals surface area contributed by atoms with Crippen LogP contribution in [0, 0.1) is 0 Å². The molecule has 0 aromatic heterocycles. The smallest absolute Gasteiger partial charge is 0.414 e. The number of hydrogen-bond donors (Lipinski definition) is 0. The van der Waals surface area contributed by atoms with Gasteiger partial charge in [-0.1, -0.05) is 46.3 Å². The number of benzene rings is 1. The Kier molecular flexibility index (Phi) is 3.62. The topological polar surface area (TPSA) is 29.5 Å². The van der Waals surface area contributed by atoms with Gasteiger partial charge in [-0.3, -0.25) is 4.90 Å². The van der Waals surface area contributed by atoms with Gasteiger partial charge in [0.15, 0.2) is 0 Å². The molecule has 16 heavy (non-hydrogen) atoms. The van der Waals surface area contributed by atoms with E-state index in [1.165, 1.54) is 5.56 Å². The summed E-state index contributed by atoms with van der Waals surface area (Å²) in [5.41, 5.74) is 1.21. The number of ether oxygens (including phenoxy) is 1. The average Bonchev–Trinajstić information content (AvgIpc) is 2.64. The van der Waals surface area contributed by atoms with Crippen LogP contribution in [0.25, 0.3) is 0 Å². The van der Waals surface area contributed by atoms with Crippen LogP contribution in [-0.2, 0) is 11.2 Å². The summed E-state index contributed by atoms with van der Waals surface area (Å²) in [6, 6.07) is 10.2. The highest BCUT2D eigenvalue weighted by atomic mass is 79.9. The van der Waals surface area contributed by atoms with E-state index in [9.17, 15) is 4.79 Å². The van der Waals surface area contributed by atoms with Crippen molar-refractivity contribution in [3.05, 3.63) is 47.1 Å². The Morgan fingerprint density at radius 3 is 2.88 bits per heavy atom. The van der Waals surface area contributed by atoms with Gasteiger partial charge in [-0.25, -0.2) is 4.79 Å². The number of halogens is 1. The summed E-state index contributed by atoms with van der Waals surface area (Å²) in [6.45, 7) is 0.449. The van der Waals surface area contributed by atoms with Crippen molar-refractivity contribution in [3.8, 4) is 0 Å². The van der Waals surface area contributed by atoms with E-state index in [0.717, 1.165) is 6.42 Å². The minimum Gasteiger partial charge on any atom is -0.447 e. The predicted molar refractivity (Wildman–Crippen MR) is 65.2 cm³/mol. The molecule has 2 rings (SSSR count). The first-order valence-corrected chi connectivity index (χ1v) is 5.98. The van der Waals surface area contributed by atoms with E-state index in [-0.39, 0.29) is 12.1 Å². The molecule has 1 aromatic carbocycles. The van der Waals surface area contributed by atoms with E-state index < -0.39 is 0 Å². The van der Waals surface area contributed by atoms with Crippen LogP contribution in [0.5, 0.6) is 0 Å². The number of carbonyl (C=O) groups is 1. The van der Waals surface area contributed by atoms with Crippen LogP contribution in [0.2, 0.25) is 0 Å². The van der Waals surface area contributed by atoms with Crippen molar-refractivity contribution < 1.29 is 9.53 Å². The van der Waals surface area contributed by atoms with Crippen molar-refractivity contribution in [2.75, 3.05) is 6.61 Å². The lowest BCUT2D eigenvalue weighted by molar-refractivity contribution is 0.166. The van der Waals surface area contributed by atoms with Gasteiger partial charge in [0.1, 0.15) is 6.61 Å². The van der Waals surface area contributed by atoms with Gasteiger partial charge in [0.05, 0.1) is 6.04 Å². The maximum Gasteiger partial charge on any atom is 0.414 e. The Bertz CT molecular complexity index is 391. The van der Waals surface area contributed by atoms with Gasteiger partial charge in [0.25, 0.3) is 0 Å². The van der Waals surface area contributed by atoms with Crippen molar-refractivity contribution in [3.63, 3.8) is 0 Å². The predicted octanol–water partition coefficient (Wildman–Crippen LogP) is 2.92. The molecule has 3 nitrogen and oxygen atoms in total. The quantitative estimate of drug-likeness (QED) is 0.853. The van der Waals surface area contributed by atoms with Gasteiger partial charge >= 0.3 is 6.09 Å². The molecule has 0 bridgehead atoms. The Morgan fingerprint density at radius 2 is 2.19 bits per heavy atom. The van der Waals surface area contributed by atoms with Gasteiger partial charge in [-0.2, -0.15) is 0 Å². The molecule has 1 fully saturated rings. The molecule has 1 aromatic rings. The molecule has 1 amide bonds. The zero-order valence-corrected chi connectivity index (χ0v) is 10.3. The van der Waals surface area contributed by atoms with Crippen molar-refractivity contribution in [1.82, 2.24) is 4.90 Å². The van der Waals surface area contributed by atoms with Gasteiger partial charge in [-0.15, -0.1) is 0 Å². The maximum atomic E-state index is 11.4. The molecular formula is C12H12BrNO2. The first kappa shape index (κ1) is 11.2. The minimum absolute atomic E-state index is 0.0868. The first-order valence-electron chi connectivity index (χ1n) is 5.07. The molecule has 1 aliphatic rings. The van der Waals surface area contributed by atoms with Crippen LogP contribution >= 0.6 is 15.9 Å². The number of amides is 1. The van der Waals surface area contributed by atoms with E-state index in [2.05, 4.69) is 28.1 Å². The zero-order valence-electron chi connectivity index (χ0n) is 8.67. The van der Waals surface area contributed by atoms with Crippen LogP contribution in [-0.4, -0.2) is 23.6 Å². The fraction of sp³-hybridized carbons (Fsp3) is 0.250. The van der Waals surface area contributed by atoms with E-state index in [1.54, 1.807) is 16.1 Å². The molecule has 1 atom stereocenters. The molecule has 84 valence electrons. The average molecular weight is 282 g/mol. The summed E-state index contributed by atoms with van der Waals surface area (Å²) in [5, 5.41) is 0. The molecule has 0 aliphatic carbocycles. The van der Waals surface area contributed by atoms with Crippen LogP contribution in [0.15, 0.2) is 41.5 Å². The lowest BCUT2D eigenvalue weighted by Gasteiger charge is -2.16. The summed E-state index contributed by atoms with van der Waals surface area (Å²) >= 11 is 3.17. The zero-order chi connectivity index (χ0) is 11.4. The molecule has 0 N–H and O–H groups in total.